The molecule has 5 aromatic carbocycles. The van der Waals surface area contributed by atoms with Crippen LogP contribution in [-0.2, 0) is 13.0 Å². The fourth-order valence-electron chi connectivity index (χ4n) is 6.64. The van der Waals surface area contributed by atoms with Gasteiger partial charge in [0.05, 0.1) is 27.9 Å². The van der Waals surface area contributed by atoms with E-state index in [1.807, 2.05) is 59.2 Å². The second-order valence-corrected chi connectivity index (χ2v) is 13.3. The second kappa shape index (κ2) is 11.9. The highest BCUT2D eigenvalue weighted by atomic mass is 79.9. The number of thiazole rings is 1. The molecule has 1 aliphatic carbocycles. The molecule has 6 aromatic rings. The van der Waals surface area contributed by atoms with Gasteiger partial charge in [-0.05, 0) is 85.6 Å². The van der Waals surface area contributed by atoms with Gasteiger partial charge < -0.3 is 9.47 Å². The minimum atomic E-state index is -0.200. The van der Waals surface area contributed by atoms with Crippen molar-refractivity contribution in [2.24, 2.45) is 4.99 Å². The molecule has 5 nitrogen and oxygen atoms in total. The van der Waals surface area contributed by atoms with Gasteiger partial charge in [0.25, 0.3) is 5.56 Å². The van der Waals surface area contributed by atoms with Crippen LogP contribution in [0, 0.1) is 0 Å². The third-order valence-electron chi connectivity index (χ3n) is 8.79. The van der Waals surface area contributed by atoms with Gasteiger partial charge in [0.15, 0.2) is 16.3 Å². The van der Waals surface area contributed by atoms with E-state index in [1.165, 1.54) is 27.9 Å². The van der Waals surface area contributed by atoms with Crippen LogP contribution in [-0.4, -0.2) is 11.7 Å². The van der Waals surface area contributed by atoms with Crippen LogP contribution in [0.1, 0.15) is 40.3 Å². The molecule has 2 aliphatic rings. The maximum Gasteiger partial charge on any atom is 0.271 e. The van der Waals surface area contributed by atoms with Crippen molar-refractivity contribution in [1.29, 1.82) is 0 Å². The first kappa shape index (κ1) is 28.7. The molecule has 0 bridgehead atoms. The molecule has 0 unspecified atom stereocenters. The summed E-state index contributed by atoms with van der Waals surface area (Å²) in [6, 6.07) is 37.0. The quantitative estimate of drug-likeness (QED) is 0.180. The lowest BCUT2D eigenvalue weighted by atomic mass is 9.83. The Kier molecular flexibility index (Phi) is 7.43. The predicted molar refractivity (Wildman–Crippen MR) is 188 cm³/mol. The van der Waals surface area contributed by atoms with Crippen molar-refractivity contribution in [3.63, 3.8) is 0 Å². The molecule has 0 fully saturated rings. The van der Waals surface area contributed by atoms with E-state index in [1.54, 1.807) is 7.11 Å². The number of halogens is 1. The lowest BCUT2D eigenvalue weighted by molar-refractivity contribution is 0.283. The van der Waals surface area contributed by atoms with Crippen LogP contribution in [0.5, 0.6) is 11.5 Å². The van der Waals surface area contributed by atoms with E-state index < -0.39 is 0 Å². The number of benzene rings is 5. The number of ether oxygens (including phenoxy) is 2. The molecular weight excluding hydrogens is 656 g/mol. The van der Waals surface area contributed by atoms with Crippen molar-refractivity contribution in [3.8, 4) is 11.5 Å². The summed E-state index contributed by atoms with van der Waals surface area (Å²) in [5, 5.41) is 2.33. The Bertz CT molecular complexity index is 2350. The Hall–Kier alpha value is -4.72. The van der Waals surface area contributed by atoms with Crippen LogP contribution in [0.25, 0.3) is 22.5 Å². The Morgan fingerprint density at radius 1 is 0.935 bits per heavy atom. The van der Waals surface area contributed by atoms with E-state index >= 15 is 0 Å². The average molecular weight is 686 g/mol. The molecule has 7 heteroatoms. The summed E-state index contributed by atoms with van der Waals surface area (Å²) in [7, 11) is 1.63. The highest BCUT2D eigenvalue weighted by Gasteiger charge is 2.32. The van der Waals surface area contributed by atoms with Gasteiger partial charge in [-0.25, -0.2) is 4.99 Å². The van der Waals surface area contributed by atoms with Gasteiger partial charge in [0, 0.05) is 5.56 Å². The molecule has 0 radical (unpaired) electrons. The number of rotatable bonds is 6. The van der Waals surface area contributed by atoms with Crippen LogP contribution in [0.15, 0.2) is 129 Å². The maximum atomic E-state index is 14.2. The monoisotopic (exact) mass is 684 g/mol. The summed E-state index contributed by atoms with van der Waals surface area (Å²) in [6.45, 7) is 0.390. The molecule has 2 heterocycles. The fourth-order valence-corrected chi connectivity index (χ4v) is 8.22. The van der Waals surface area contributed by atoms with Crippen molar-refractivity contribution < 1.29 is 9.47 Å². The largest absolute Gasteiger partial charge is 0.493 e. The average Bonchev–Trinajstić information content (AvgIpc) is 3.40. The lowest BCUT2D eigenvalue weighted by Crippen LogP contribution is -2.38. The molecule has 0 amide bonds. The lowest BCUT2D eigenvalue weighted by Gasteiger charge is -2.30. The molecule has 0 saturated carbocycles. The number of methoxy groups -OCH3 is 1. The smallest absolute Gasteiger partial charge is 0.271 e. The predicted octanol–water partition coefficient (Wildman–Crippen LogP) is 7.82. The van der Waals surface area contributed by atoms with Crippen molar-refractivity contribution in [3.05, 3.63) is 167 Å². The summed E-state index contributed by atoms with van der Waals surface area (Å²) in [5.41, 5.74) is 7.63. The topological polar surface area (TPSA) is 52.8 Å². The summed E-state index contributed by atoms with van der Waals surface area (Å²) >= 11 is 5.14. The summed E-state index contributed by atoms with van der Waals surface area (Å²) < 4.78 is 15.4. The highest BCUT2D eigenvalue weighted by molar-refractivity contribution is 9.10. The van der Waals surface area contributed by atoms with Crippen molar-refractivity contribution in [1.82, 2.24) is 4.57 Å². The van der Waals surface area contributed by atoms with Gasteiger partial charge >= 0.3 is 0 Å². The number of hydrogen-bond donors (Lipinski definition) is 0. The molecule has 0 N–H and O–H groups in total. The Morgan fingerprint density at radius 2 is 1.72 bits per heavy atom. The third kappa shape index (κ3) is 5.00. The van der Waals surface area contributed by atoms with E-state index in [-0.39, 0.29) is 11.6 Å². The van der Waals surface area contributed by atoms with Gasteiger partial charge in [0.2, 0.25) is 0 Å². The van der Waals surface area contributed by atoms with E-state index in [2.05, 4.69) is 76.6 Å². The zero-order valence-corrected chi connectivity index (χ0v) is 27.5. The number of nitrogens with zero attached hydrogens (tertiary/aromatic N) is 2. The van der Waals surface area contributed by atoms with E-state index in [9.17, 15) is 4.79 Å². The summed E-state index contributed by atoms with van der Waals surface area (Å²) in [4.78, 5) is 20.0. The molecule has 0 spiro atoms. The van der Waals surface area contributed by atoms with Gasteiger partial charge in [0.1, 0.15) is 6.61 Å². The number of allylic oxidation sites excluding steroid dienone is 1. The fraction of sp³-hybridized carbons (Fsp3) is 0.128. The molecule has 1 aliphatic heterocycles. The zero-order chi connectivity index (χ0) is 31.2. The zero-order valence-electron chi connectivity index (χ0n) is 25.1. The van der Waals surface area contributed by atoms with Crippen LogP contribution in [0.3, 0.4) is 0 Å². The molecule has 1 aromatic heterocycles. The second-order valence-electron chi connectivity index (χ2n) is 11.5. The van der Waals surface area contributed by atoms with E-state index in [0.717, 1.165) is 50.7 Å². The molecule has 1 atom stereocenters. The normalized spacial score (nSPS) is 15.6. The van der Waals surface area contributed by atoms with Crippen LogP contribution < -0.4 is 24.4 Å². The number of hydrogen-bond acceptors (Lipinski definition) is 5. The molecule has 0 saturated heterocycles. The molecular formula is C39H29BrN2O3S. The van der Waals surface area contributed by atoms with Gasteiger partial charge in [-0.15, -0.1) is 0 Å². The Labute approximate surface area is 278 Å². The van der Waals surface area contributed by atoms with E-state index in [4.69, 9.17) is 14.5 Å². The SMILES string of the molecule is COc1cc(/C=c2\sc3n(c2=O)[C@@H](c2ccccc2)C2=C(N=3)c3ccccc3CC2)cc(Br)c1OCc1cccc2ccccc12. The van der Waals surface area contributed by atoms with E-state index in [0.29, 0.717) is 27.4 Å². The minimum Gasteiger partial charge on any atom is -0.493 e. The molecule has 226 valence electrons. The van der Waals surface area contributed by atoms with Crippen LogP contribution in [0.2, 0.25) is 0 Å². The first-order valence-electron chi connectivity index (χ1n) is 15.2. The van der Waals surface area contributed by atoms with Crippen molar-refractivity contribution in [2.75, 3.05) is 7.11 Å². The highest BCUT2D eigenvalue weighted by Crippen LogP contribution is 2.41. The molecule has 8 rings (SSSR count). The third-order valence-corrected chi connectivity index (χ3v) is 10.4. The Morgan fingerprint density at radius 3 is 2.59 bits per heavy atom. The first-order chi connectivity index (χ1) is 22.6. The summed E-state index contributed by atoms with van der Waals surface area (Å²) in [6.07, 6.45) is 3.72. The van der Waals surface area contributed by atoms with Crippen LogP contribution >= 0.6 is 27.3 Å². The maximum absolute atomic E-state index is 14.2. The van der Waals surface area contributed by atoms with Crippen molar-refractivity contribution in [2.45, 2.75) is 25.5 Å². The minimum absolute atomic E-state index is 0.0469. The number of aryl methyl sites for hydroxylation is 1. The first-order valence-corrected chi connectivity index (χ1v) is 16.8. The Balaban J connectivity index is 1.20. The summed E-state index contributed by atoms with van der Waals surface area (Å²) in [5.74, 6) is 1.20. The van der Waals surface area contributed by atoms with Gasteiger partial charge in [-0.1, -0.05) is 108 Å². The molecule has 46 heavy (non-hydrogen) atoms. The van der Waals surface area contributed by atoms with Crippen LogP contribution in [0.4, 0.5) is 0 Å². The van der Waals surface area contributed by atoms with Crippen molar-refractivity contribution >= 4 is 49.8 Å². The standard InChI is InChI=1S/C39H29BrN2O3S/c1-44-33-21-24(20-32(40)37(33)45-23-28-15-9-14-25-10-5-7-16-29(25)28)22-34-38(43)42-36(27-12-3-2-4-13-27)31-19-18-26-11-6-8-17-30(26)35(31)41-39(42)46-34/h2-17,20-22,36H,18-19,23H2,1H3/b34-22-/t36-/m0/s1. The van der Waals surface area contributed by atoms with Gasteiger partial charge in [-0.2, -0.15) is 0 Å². The van der Waals surface area contributed by atoms with Gasteiger partial charge in [-0.3, -0.25) is 9.36 Å². The number of aromatic nitrogens is 1. The number of fused-ring (bicyclic) bond motifs is 4.